The van der Waals surface area contributed by atoms with Crippen LogP contribution in [0.3, 0.4) is 0 Å². The standard InChI is InChI=1S/C17H16ClN5O2/c1-9-10(18)5-4-6-11(9)19-16-21-17-20-12-7-14(24-2)15(25-3)8-13(12)23(17)22-16/h4-8H,1-3H3,(H2,19,20,21,22). The minimum absolute atomic E-state index is 0.549. The van der Waals surface area contributed by atoms with Crippen LogP contribution in [-0.4, -0.2) is 33.8 Å². The predicted molar refractivity (Wildman–Crippen MR) is 97.4 cm³/mol. The second kappa shape index (κ2) is 5.86. The average Bonchev–Trinajstić information content (AvgIpc) is 3.14. The quantitative estimate of drug-likeness (QED) is 0.578. The summed E-state index contributed by atoms with van der Waals surface area (Å²) in [5, 5.41) is 7.13. The number of nitrogens with zero attached hydrogens (tertiary/aromatic N) is 3. The zero-order chi connectivity index (χ0) is 17.6. The lowest BCUT2D eigenvalue weighted by atomic mass is 10.2. The molecular weight excluding hydrogens is 342 g/mol. The van der Waals surface area contributed by atoms with Crippen molar-refractivity contribution in [3.8, 4) is 11.5 Å². The van der Waals surface area contributed by atoms with Gasteiger partial charge in [0.25, 0.3) is 5.78 Å². The highest BCUT2D eigenvalue weighted by atomic mass is 35.5. The number of H-pyrrole nitrogens is 1. The molecule has 0 fully saturated rings. The van der Waals surface area contributed by atoms with Gasteiger partial charge in [-0.15, -0.1) is 0 Å². The van der Waals surface area contributed by atoms with Gasteiger partial charge in [-0.05, 0) is 24.6 Å². The number of methoxy groups -OCH3 is 2. The topological polar surface area (TPSA) is 76.5 Å². The summed E-state index contributed by atoms with van der Waals surface area (Å²) < 4.78 is 12.5. The molecule has 8 heteroatoms. The number of fused-ring (bicyclic) bond motifs is 3. The summed E-state index contributed by atoms with van der Waals surface area (Å²) in [5.41, 5.74) is 3.44. The van der Waals surface area contributed by atoms with Crippen molar-refractivity contribution >= 4 is 40.0 Å². The van der Waals surface area contributed by atoms with E-state index in [9.17, 15) is 0 Å². The van der Waals surface area contributed by atoms with Gasteiger partial charge < -0.3 is 14.8 Å². The molecule has 128 valence electrons. The molecule has 0 atom stereocenters. The number of nitrogens with one attached hydrogen (secondary N) is 2. The van der Waals surface area contributed by atoms with Gasteiger partial charge >= 0.3 is 0 Å². The van der Waals surface area contributed by atoms with E-state index in [4.69, 9.17) is 21.1 Å². The molecule has 0 saturated carbocycles. The van der Waals surface area contributed by atoms with E-state index < -0.39 is 0 Å². The SMILES string of the molecule is COc1cc2nc3nc(Nc4cccc(Cl)c4C)[nH]n3c2cc1OC. The van der Waals surface area contributed by atoms with E-state index in [1.54, 1.807) is 18.7 Å². The van der Waals surface area contributed by atoms with Crippen molar-refractivity contribution in [3.63, 3.8) is 0 Å². The first kappa shape index (κ1) is 15.6. The Hall–Kier alpha value is -2.93. The van der Waals surface area contributed by atoms with Gasteiger partial charge in [0.1, 0.15) is 0 Å². The van der Waals surface area contributed by atoms with Gasteiger partial charge in [0.05, 0.1) is 25.3 Å². The molecule has 0 aliphatic carbocycles. The molecule has 0 spiro atoms. The summed E-state index contributed by atoms with van der Waals surface area (Å²) in [4.78, 5) is 9.01. The van der Waals surface area contributed by atoms with Crippen LogP contribution in [0.1, 0.15) is 5.56 Å². The van der Waals surface area contributed by atoms with Gasteiger partial charge in [-0.25, -0.2) is 9.50 Å². The van der Waals surface area contributed by atoms with Crippen molar-refractivity contribution in [2.75, 3.05) is 19.5 Å². The normalized spacial score (nSPS) is 11.2. The van der Waals surface area contributed by atoms with E-state index in [-0.39, 0.29) is 0 Å². The number of hydrogen-bond acceptors (Lipinski definition) is 5. The first-order chi connectivity index (χ1) is 12.1. The molecule has 2 aromatic carbocycles. The first-order valence-corrected chi connectivity index (χ1v) is 8.01. The van der Waals surface area contributed by atoms with E-state index in [1.807, 2.05) is 37.3 Å². The van der Waals surface area contributed by atoms with Crippen LogP contribution in [0.2, 0.25) is 5.02 Å². The smallest absolute Gasteiger partial charge is 0.253 e. The number of hydrogen-bond donors (Lipinski definition) is 2. The van der Waals surface area contributed by atoms with Crippen LogP contribution in [0, 0.1) is 6.92 Å². The van der Waals surface area contributed by atoms with Crippen LogP contribution in [0.15, 0.2) is 30.3 Å². The number of halogens is 1. The summed E-state index contributed by atoms with van der Waals surface area (Å²) in [7, 11) is 3.20. The molecule has 0 saturated heterocycles. The Morgan fingerprint density at radius 2 is 1.88 bits per heavy atom. The summed E-state index contributed by atoms with van der Waals surface area (Å²) in [6.07, 6.45) is 0. The lowest BCUT2D eigenvalue weighted by Gasteiger charge is -2.08. The lowest BCUT2D eigenvalue weighted by Crippen LogP contribution is -1.96. The largest absolute Gasteiger partial charge is 0.493 e. The Kier molecular flexibility index (Phi) is 3.65. The zero-order valence-corrected chi connectivity index (χ0v) is 14.7. The molecule has 7 nitrogen and oxygen atoms in total. The van der Waals surface area contributed by atoms with Gasteiger partial charge in [-0.3, -0.25) is 5.10 Å². The van der Waals surface area contributed by atoms with Crippen LogP contribution < -0.4 is 14.8 Å². The highest BCUT2D eigenvalue weighted by molar-refractivity contribution is 6.31. The van der Waals surface area contributed by atoms with Crippen LogP contribution in [0.5, 0.6) is 11.5 Å². The van der Waals surface area contributed by atoms with Crippen molar-refractivity contribution in [1.82, 2.24) is 19.6 Å². The molecule has 25 heavy (non-hydrogen) atoms. The minimum atomic E-state index is 0.549. The summed E-state index contributed by atoms with van der Waals surface area (Å²) in [6, 6.07) is 9.37. The fourth-order valence-corrected chi connectivity index (χ4v) is 2.91. The summed E-state index contributed by atoms with van der Waals surface area (Å²) in [6.45, 7) is 1.95. The van der Waals surface area contributed by atoms with Gasteiger partial charge in [0, 0.05) is 22.8 Å². The van der Waals surface area contributed by atoms with Crippen molar-refractivity contribution in [2.24, 2.45) is 0 Å². The molecule has 2 N–H and O–H groups in total. The number of ether oxygens (including phenoxy) is 2. The Bertz CT molecular complexity index is 1090. The second-order valence-electron chi connectivity index (χ2n) is 5.55. The van der Waals surface area contributed by atoms with Crippen LogP contribution in [-0.2, 0) is 0 Å². The van der Waals surface area contributed by atoms with Crippen LogP contribution in [0.25, 0.3) is 16.8 Å². The fourth-order valence-electron chi connectivity index (χ4n) is 2.73. The van der Waals surface area contributed by atoms with Gasteiger partial charge in [0.2, 0.25) is 5.95 Å². The summed E-state index contributed by atoms with van der Waals surface area (Å²) in [5.74, 6) is 2.38. The zero-order valence-electron chi connectivity index (χ0n) is 13.9. The maximum atomic E-state index is 6.16. The van der Waals surface area contributed by atoms with Crippen molar-refractivity contribution in [2.45, 2.75) is 6.92 Å². The van der Waals surface area contributed by atoms with Crippen molar-refractivity contribution in [3.05, 3.63) is 40.9 Å². The predicted octanol–water partition coefficient (Wildman–Crippen LogP) is 3.93. The Morgan fingerprint density at radius 1 is 1.12 bits per heavy atom. The first-order valence-electron chi connectivity index (χ1n) is 7.63. The van der Waals surface area contributed by atoms with E-state index in [0.717, 1.165) is 22.3 Å². The molecule has 0 aliphatic rings. The van der Waals surface area contributed by atoms with Crippen LogP contribution in [0.4, 0.5) is 11.6 Å². The maximum Gasteiger partial charge on any atom is 0.253 e. The van der Waals surface area contributed by atoms with Gasteiger partial charge in [-0.1, -0.05) is 17.7 Å². The maximum absolute atomic E-state index is 6.16. The highest BCUT2D eigenvalue weighted by Crippen LogP contribution is 2.32. The number of benzene rings is 2. The number of aromatic nitrogens is 4. The average molecular weight is 358 g/mol. The molecule has 4 aromatic rings. The second-order valence-corrected chi connectivity index (χ2v) is 5.96. The highest BCUT2D eigenvalue weighted by Gasteiger charge is 2.14. The minimum Gasteiger partial charge on any atom is -0.493 e. The number of imidazole rings is 1. The molecule has 0 radical (unpaired) electrons. The number of anilines is 2. The molecule has 4 rings (SSSR count). The van der Waals surface area contributed by atoms with Gasteiger partial charge in [-0.2, -0.15) is 4.98 Å². The Morgan fingerprint density at radius 3 is 2.64 bits per heavy atom. The number of rotatable bonds is 4. The Balaban J connectivity index is 1.79. The van der Waals surface area contributed by atoms with E-state index >= 15 is 0 Å². The third-order valence-corrected chi connectivity index (χ3v) is 4.50. The summed E-state index contributed by atoms with van der Waals surface area (Å²) >= 11 is 6.16. The number of aromatic amines is 1. The molecule has 2 heterocycles. The monoisotopic (exact) mass is 357 g/mol. The van der Waals surface area contributed by atoms with E-state index in [2.05, 4.69) is 20.4 Å². The molecule has 2 aromatic heterocycles. The third-order valence-electron chi connectivity index (χ3n) is 4.09. The van der Waals surface area contributed by atoms with Crippen molar-refractivity contribution < 1.29 is 9.47 Å². The van der Waals surface area contributed by atoms with E-state index in [1.165, 1.54) is 0 Å². The third kappa shape index (κ3) is 2.53. The molecule has 0 unspecified atom stereocenters. The van der Waals surface area contributed by atoms with Gasteiger partial charge in [0.15, 0.2) is 11.5 Å². The molecular formula is C17H16ClN5O2. The lowest BCUT2D eigenvalue weighted by molar-refractivity contribution is 0.355. The molecule has 0 aliphatic heterocycles. The Labute approximate surface area is 148 Å². The molecule has 0 bridgehead atoms. The van der Waals surface area contributed by atoms with Crippen LogP contribution >= 0.6 is 11.6 Å². The van der Waals surface area contributed by atoms with E-state index in [0.29, 0.717) is 28.2 Å². The van der Waals surface area contributed by atoms with Crippen molar-refractivity contribution in [1.29, 1.82) is 0 Å². The molecule has 0 amide bonds. The fraction of sp³-hybridized carbons (Fsp3) is 0.176.